The number of nitrogens with one attached hydrogen (secondary N) is 2. The van der Waals surface area contributed by atoms with E-state index in [1.165, 1.54) is 12.8 Å². The molecular weight excluding hydrogens is 235 g/mol. The van der Waals surface area contributed by atoms with E-state index < -0.39 is 18.6 Å². The summed E-state index contributed by atoms with van der Waals surface area (Å²) >= 11 is 0. The Morgan fingerprint density at radius 2 is 1.88 bits per heavy atom. The molecule has 0 aromatic carbocycles. The first-order valence-corrected chi connectivity index (χ1v) is 5.74. The molecule has 1 fully saturated rings. The number of amides is 1. The van der Waals surface area contributed by atoms with Gasteiger partial charge in [0, 0.05) is 13.1 Å². The van der Waals surface area contributed by atoms with Crippen LogP contribution in [0.3, 0.4) is 0 Å². The molecule has 0 spiro atoms. The van der Waals surface area contributed by atoms with Crippen LogP contribution in [-0.2, 0) is 4.79 Å². The molecule has 1 rings (SSSR count). The van der Waals surface area contributed by atoms with Crippen LogP contribution in [0.4, 0.5) is 13.2 Å². The Bertz CT molecular complexity index is 239. The van der Waals surface area contributed by atoms with Crippen LogP contribution < -0.4 is 10.6 Å². The summed E-state index contributed by atoms with van der Waals surface area (Å²) in [4.78, 5) is 13.3. The number of carbonyl (C=O) groups is 1. The number of hydrogen-bond donors (Lipinski definition) is 2. The molecule has 0 saturated carbocycles. The van der Waals surface area contributed by atoms with Gasteiger partial charge < -0.3 is 15.5 Å². The van der Waals surface area contributed by atoms with Crippen LogP contribution in [0.15, 0.2) is 0 Å². The maximum absolute atomic E-state index is 11.8. The van der Waals surface area contributed by atoms with Gasteiger partial charge in [0.25, 0.3) is 0 Å². The van der Waals surface area contributed by atoms with Crippen molar-refractivity contribution in [3.05, 3.63) is 0 Å². The first kappa shape index (κ1) is 14.2. The zero-order valence-electron chi connectivity index (χ0n) is 9.65. The van der Waals surface area contributed by atoms with Crippen molar-refractivity contribution in [3.8, 4) is 0 Å². The van der Waals surface area contributed by atoms with Gasteiger partial charge >= 0.3 is 6.18 Å². The molecule has 7 heteroatoms. The van der Waals surface area contributed by atoms with E-state index in [9.17, 15) is 18.0 Å². The number of rotatable bonds is 6. The van der Waals surface area contributed by atoms with Crippen LogP contribution in [0.2, 0.25) is 0 Å². The third kappa shape index (κ3) is 7.17. The molecule has 0 radical (unpaired) electrons. The monoisotopic (exact) mass is 253 g/mol. The van der Waals surface area contributed by atoms with Gasteiger partial charge in [-0.1, -0.05) is 0 Å². The van der Waals surface area contributed by atoms with E-state index >= 15 is 0 Å². The third-order valence-corrected chi connectivity index (χ3v) is 2.58. The molecule has 1 aliphatic rings. The molecule has 0 atom stereocenters. The second-order valence-electron chi connectivity index (χ2n) is 4.12. The Labute approximate surface area is 98.5 Å². The first-order valence-electron chi connectivity index (χ1n) is 5.74. The second kappa shape index (κ2) is 6.80. The molecule has 4 nitrogen and oxygen atoms in total. The maximum atomic E-state index is 11.8. The lowest BCUT2D eigenvalue weighted by atomic mass is 10.4. The van der Waals surface area contributed by atoms with Crippen molar-refractivity contribution in [2.75, 3.05) is 39.3 Å². The number of carbonyl (C=O) groups excluding carboxylic acids is 1. The molecule has 0 aromatic heterocycles. The van der Waals surface area contributed by atoms with Gasteiger partial charge in [-0.2, -0.15) is 13.2 Å². The van der Waals surface area contributed by atoms with Crippen LogP contribution >= 0.6 is 0 Å². The Kier molecular flexibility index (Phi) is 5.70. The molecule has 0 bridgehead atoms. The van der Waals surface area contributed by atoms with Gasteiger partial charge in [0.05, 0.1) is 6.54 Å². The topological polar surface area (TPSA) is 44.4 Å². The molecular formula is C10H18F3N3O. The molecule has 1 aliphatic heterocycles. The van der Waals surface area contributed by atoms with Gasteiger partial charge in [-0.3, -0.25) is 4.79 Å². The fraction of sp³-hybridized carbons (Fsp3) is 0.900. The van der Waals surface area contributed by atoms with Crippen LogP contribution in [-0.4, -0.2) is 56.3 Å². The minimum absolute atomic E-state index is 0.0656. The number of likely N-dealkylation sites (tertiary alicyclic amines) is 1. The standard InChI is InChI=1S/C10H18F3N3O/c11-10(12,13)8-15-9(17)7-14-3-6-16-4-1-2-5-16/h14H,1-8H2,(H,15,17). The third-order valence-electron chi connectivity index (χ3n) is 2.58. The van der Waals surface area contributed by atoms with Crippen LogP contribution in [0.25, 0.3) is 0 Å². The minimum atomic E-state index is -4.34. The second-order valence-corrected chi connectivity index (χ2v) is 4.12. The predicted molar refractivity (Wildman–Crippen MR) is 57.6 cm³/mol. The van der Waals surface area contributed by atoms with Crippen molar-refractivity contribution in [3.63, 3.8) is 0 Å². The lowest BCUT2D eigenvalue weighted by Crippen LogP contribution is -2.40. The largest absolute Gasteiger partial charge is 0.405 e. The van der Waals surface area contributed by atoms with Gasteiger partial charge in [-0.05, 0) is 25.9 Å². The summed E-state index contributed by atoms with van der Waals surface area (Å²) < 4.78 is 35.3. The summed E-state index contributed by atoms with van der Waals surface area (Å²) in [5.74, 6) is -0.622. The Balaban J connectivity index is 1.96. The van der Waals surface area contributed by atoms with E-state index in [1.807, 2.05) is 5.32 Å². The van der Waals surface area contributed by atoms with Crippen molar-refractivity contribution in [1.29, 1.82) is 0 Å². The van der Waals surface area contributed by atoms with E-state index in [-0.39, 0.29) is 6.54 Å². The molecule has 0 aliphatic carbocycles. The highest BCUT2D eigenvalue weighted by Crippen LogP contribution is 2.11. The molecule has 1 saturated heterocycles. The van der Waals surface area contributed by atoms with Gasteiger partial charge in [0.1, 0.15) is 6.54 Å². The van der Waals surface area contributed by atoms with Crippen LogP contribution in [0.5, 0.6) is 0 Å². The first-order chi connectivity index (χ1) is 7.97. The Hall–Kier alpha value is -0.820. The number of hydrogen-bond acceptors (Lipinski definition) is 3. The van der Waals surface area contributed by atoms with E-state index in [4.69, 9.17) is 0 Å². The normalized spacial score (nSPS) is 17.4. The number of halogens is 3. The SMILES string of the molecule is O=C(CNCCN1CCCC1)NCC(F)(F)F. The Morgan fingerprint density at radius 1 is 1.24 bits per heavy atom. The van der Waals surface area contributed by atoms with Crippen molar-refractivity contribution in [2.45, 2.75) is 19.0 Å². The van der Waals surface area contributed by atoms with Gasteiger partial charge in [0.15, 0.2) is 0 Å². The zero-order valence-corrected chi connectivity index (χ0v) is 9.65. The molecule has 0 unspecified atom stereocenters. The molecule has 0 aromatic rings. The molecule has 1 heterocycles. The Morgan fingerprint density at radius 3 is 2.47 bits per heavy atom. The highest BCUT2D eigenvalue weighted by atomic mass is 19.4. The van der Waals surface area contributed by atoms with Crippen molar-refractivity contribution >= 4 is 5.91 Å². The predicted octanol–water partition coefficient (Wildman–Crippen LogP) is 0.350. The average Bonchev–Trinajstić information content (AvgIpc) is 2.73. The summed E-state index contributed by atoms with van der Waals surface area (Å²) in [6, 6.07) is 0. The summed E-state index contributed by atoms with van der Waals surface area (Å²) in [6.45, 7) is 2.28. The maximum Gasteiger partial charge on any atom is 0.405 e. The number of alkyl halides is 3. The summed E-state index contributed by atoms with van der Waals surface area (Å²) in [7, 11) is 0. The van der Waals surface area contributed by atoms with Crippen LogP contribution in [0, 0.1) is 0 Å². The van der Waals surface area contributed by atoms with E-state index in [1.54, 1.807) is 0 Å². The van der Waals surface area contributed by atoms with E-state index in [0.29, 0.717) is 6.54 Å². The summed E-state index contributed by atoms with van der Waals surface area (Å²) in [5, 5.41) is 4.64. The number of nitrogens with zero attached hydrogens (tertiary/aromatic N) is 1. The molecule has 1 amide bonds. The van der Waals surface area contributed by atoms with Gasteiger partial charge in [-0.25, -0.2) is 0 Å². The smallest absolute Gasteiger partial charge is 0.346 e. The van der Waals surface area contributed by atoms with Crippen molar-refractivity contribution in [1.82, 2.24) is 15.5 Å². The van der Waals surface area contributed by atoms with E-state index in [0.717, 1.165) is 19.6 Å². The summed E-state index contributed by atoms with van der Waals surface area (Å²) in [5.41, 5.74) is 0. The fourth-order valence-electron chi connectivity index (χ4n) is 1.71. The average molecular weight is 253 g/mol. The van der Waals surface area contributed by atoms with Crippen molar-refractivity contribution < 1.29 is 18.0 Å². The van der Waals surface area contributed by atoms with Crippen molar-refractivity contribution in [2.24, 2.45) is 0 Å². The van der Waals surface area contributed by atoms with E-state index in [2.05, 4.69) is 10.2 Å². The lowest BCUT2D eigenvalue weighted by Gasteiger charge is -2.14. The minimum Gasteiger partial charge on any atom is -0.346 e. The van der Waals surface area contributed by atoms with Gasteiger partial charge in [0.2, 0.25) is 5.91 Å². The van der Waals surface area contributed by atoms with Crippen LogP contribution in [0.1, 0.15) is 12.8 Å². The van der Waals surface area contributed by atoms with Gasteiger partial charge in [-0.15, -0.1) is 0 Å². The highest BCUT2D eigenvalue weighted by Gasteiger charge is 2.27. The highest BCUT2D eigenvalue weighted by molar-refractivity contribution is 5.77. The fourth-order valence-corrected chi connectivity index (χ4v) is 1.71. The lowest BCUT2D eigenvalue weighted by molar-refractivity contribution is -0.137. The molecule has 2 N–H and O–H groups in total. The molecule has 100 valence electrons. The quantitative estimate of drug-likeness (QED) is 0.671. The zero-order chi connectivity index (χ0) is 12.7. The summed E-state index contributed by atoms with van der Waals surface area (Å²) in [6.07, 6.45) is -1.94. The molecule has 17 heavy (non-hydrogen) atoms.